The molecule has 0 aliphatic rings. The van der Waals surface area contributed by atoms with Crippen molar-refractivity contribution in [3.8, 4) is 0 Å². The van der Waals surface area contributed by atoms with E-state index in [0.29, 0.717) is 0 Å². The van der Waals surface area contributed by atoms with Crippen molar-refractivity contribution in [2.75, 3.05) is 19.6 Å². The Labute approximate surface area is 83.8 Å². The van der Waals surface area contributed by atoms with Crippen LogP contribution in [0.25, 0.3) is 0 Å². The Kier molecular flexibility index (Phi) is 8.11. The highest BCUT2D eigenvalue weighted by atomic mass is 15.1. The second kappa shape index (κ2) is 8.31. The molecule has 0 spiro atoms. The average Bonchev–Trinajstić information content (AvgIpc) is 2.16. The van der Waals surface area contributed by atoms with Crippen LogP contribution in [-0.2, 0) is 0 Å². The first kappa shape index (κ1) is 12.7. The molecule has 0 heterocycles. The summed E-state index contributed by atoms with van der Waals surface area (Å²) in [6.45, 7) is 12.5. The van der Waals surface area contributed by atoms with Gasteiger partial charge in [-0.15, -0.1) is 0 Å². The molecule has 0 fully saturated rings. The summed E-state index contributed by atoms with van der Waals surface area (Å²) in [5, 5.41) is 0. The maximum absolute atomic E-state index is 2.50. The molecule has 0 saturated carbocycles. The van der Waals surface area contributed by atoms with Gasteiger partial charge in [-0.25, -0.2) is 0 Å². The van der Waals surface area contributed by atoms with Gasteiger partial charge in [0.05, 0.1) is 0 Å². The Morgan fingerprint density at radius 2 is 1.85 bits per heavy atom. The molecule has 1 atom stereocenters. The third-order valence-electron chi connectivity index (χ3n) is 2.48. The van der Waals surface area contributed by atoms with Crippen LogP contribution in [0.2, 0.25) is 0 Å². The molecule has 78 valence electrons. The van der Waals surface area contributed by atoms with Crippen LogP contribution in [0.4, 0.5) is 0 Å². The quantitative estimate of drug-likeness (QED) is 0.547. The number of hydrogen-bond acceptors (Lipinski definition) is 1. The zero-order valence-electron chi connectivity index (χ0n) is 9.71. The minimum Gasteiger partial charge on any atom is -0.300 e. The molecule has 1 nitrogen and oxygen atoms in total. The SMILES string of the molecule is CC/C=C\CN(CC)CC(C)CC. The van der Waals surface area contributed by atoms with Crippen LogP contribution in [0.15, 0.2) is 12.2 Å². The zero-order chi connectivity index (χ0) is 10.1. The fourth-order valence-corrected chi connectivity index (χ4v) is 1.29. The average molecular weight is 183 g/mol. The molecule has 0 saturated heterocycles. The number of hydrogen-bond donors (Lipinski definition) is 0. The van der Waals surface area contributed by atoms with E-state index in [1.165, 1.54) is 19.5 Å². The van der Waals surface area contributed by atoms with Gasteiger partial charge in [-0.1, -0.05) is 46.3 Å². The molecule has 0 aromatic rings. The molecule has 0 rings (SSSR count). The number of likely N-dealkylation sites (N-methyl/N-ethyl adjacent to an activating group) is 1. The molecule has 0 bridgehead atoms. The Morgan fingerprint density at radius 3 is 2.31 bits per heavy atom. The lowest BCUT2D eigenvalue weighted by Gasteiger charge is -2.21. The summed E-state index contributed by atoms with van der Waals surface area (Å²) in [6.07, 6.45) is 6.97. The highest BCUT2D eigenvalue weighted by Crippen LogP contribution is 2.03. The molecule has 0 aliphatic heterocycles. The summed E-state index contributed by atoms with van der Waals surface area (Å²) in [6, 6.07) is 0. The molecule has 13 heavy (non-hydrogen) atoms. The summed E-state index contributed by atoms with van der Waals surface area (Å²) >= 11 is 0. The van der Waals surface area contributed by atoms with Crippen LogP contribution in [0, 0.1) is 5.92 Å². The van der Waals surface area contributed by atoms with E-state index < -0.39 is 0 Å². The van der Waals surface area contributed by atoms with Crippen molar-refractivity contribution in [2.45, 2.75) is 40.5 Å². The number of nitrogens with zero attached hydrogens (tertiary/aromatic N) is 1. The zero-order valence-corrected chi connectivity index (χ0v) is 9.71. The predicted molar refractivity (Wildman–Crippen MR) is 61.0 cm³/mol. The van der Waals surface area contributed by atoms with Gasteiger partial charge in [0.1, 0.15) is 0 Å². The standard InChI is InChI=1S/C12H25N/c1-5-8-9-10-13(7-3)11-12(4)6-2/h8-9,12H,5-7,10-11H2,1-4H3/b9-8-. The molecule has 1 heteroatoms. The van der Waals surface area contributed by atoms with Crippen molar-refractivity contribution < 1.29 is 0 Å². The molecular formula is C12H25N. The second-order valence-electron chi connectivity index (χ2n) is 3.75. The third kappa shape index (κ3) is 6.83. The van der Waals surface area contributed by atoms with E-state index in [0.717, 1.165) is 18.9 Å². The van der Waals surface area contributed by atoms with Gasteiger partial charge < -0.3 is 0 Å². The Balaban J connectivity index is 3.68. The van der Waals surface area contributed by atoms with E-state index in [1.54, 1.807) is 0 Å². The van der Waals surface area contributed by atoms with E-state index >= 15 is 0 Å². The summed E-state index contributed by atoms with van der Waals surface area (Å²) < 4.78 is 0. The van der Waals surface area contributed by atoms with Crippen LogP contribution in [0.1, 0.15) is 40.5 Å². The van der Waals surface area contributed by atoms with Crippen molar-refractivity contribution >= 4 is 0 Å². The third-order valence-corrected chi connectivity index (χ3v) is 2.48. The summed E-state index contributed by atoms with van der Waals surface area (Å²) in [4.78, 5) is 2.50. The molecule has 0 aromatic carbocycles. The topological polar surface area (TPSA) is 3.24 Å². The van der Waals surface area contributed by atoms with Crippen molar-refractivity contribution in [1.29, 1.82) is 0 Å². The fourth-order valence-electron chi connectivity index (χ4n) is 1.29. The first-order valence-electron chi connectivity index (χ1n) is 5.61. The lowest BCUT2D eigenvalue weighted by atomic mass is 10.1. The molecule has 0 aromatic heterocycles. The van der Waals surface area contributed by atoms with Crippen molar-refractivity contribution in [3.05, 3.63) is 12.2 Å². The van der Waals surface area contributed by atoms with Crippen LogP contribution in [0.3, 0.4) is 0 Å². The lowest BCUT2D eigenvalue weighted by molar-refractivity contribution is 0.269. The van der Waals surface area contributed by atoms with Crippen LogP contribution in [-0.4, -0.2) is 24.5 Å². The first-order chi connectivity index (χ1) is 6.24. The number of rotatable bonds is 7. The van der Waals surface area contributed by atoms with E-state index in [-0.39, 0.29) is 0 Å². The van der Waals surface area contributed by atoms with Crippen molar-refractivity contribution in [2.24, 2.45) is 5.92 Å². The van der Waals surface area contributed by atoms with E-state index in [9.17, 15) is 0 Å². The van der Waals surface area contributed by atoms with Crippen LogP contribution < -0.4 is 0 Å². The molecular weight excluding hydrogens is 158 g/mol. The maximum Gasteiger partial charge on any atom is 0.0163 e. The molecule has 0 radical (unpaired) electrons. The highest BCUT2D eigenvalue weighted by Gasteiger charge is 2.04. The largest absolute Gasteiger partial charge is 0.300 e. The Hall–Kier alpha value is -0.300. The van der Waals surface area contributed by atoms with Crippen LogP contribution in [0.5, 0.6) is 0 Å². The van der Waals surface area contributed by atoms with Gasteiger partial charge in [-0.05, 0) is 18.9 Å². The lowest BCUT2D eigenvalue weighted by Crippen LogP contribution is -2.28. The van der Waals surface area contributed by atoms with Crippen LogP contribution >= 0.6 is 0 Å². The van der Waals surface area contributed by atoms with E-state index in [2.05, 4.69) is 44.7 Å². The Morgan fingerprint density at radius 1 is 1.15 bits per heavy atom. The molecule has 1 unspecified atom stereocenters. The smallest absolute Gasteiger partial charge is 0.0163 e. The normalized spacial score (nSPS) is 14.2. The predicted octanol–water partition coefficient (Wildman–Crippen LogP) is 3.32. The molecule has 0 aliphatic carbocycles. The van der Waals surface area contributed by atoms with E-state index in [4.69, 9.17) is 0 Å². The van der Waals surface area contributed by atoms with Gasteiger partial charge in [0.2, 0.25) is 0 Å². The van der Waals surface area contributed by atoms with Gasteiger partial charge in [0.25, 0.3) is 0 Å². The minimum atomic E-state index is 0.829. The van der Waals surface area contributed by atoms with Gasteiger partial charge in [0, 0.05) is 13.1 Å². The summed E-state index contributed by atoms with van der Waals surface area (Å²) in [5.41, 5.74) is 0. The van der Waals surface area contributed by atoms with Gasteiger partial charge >= 0.3 is 0 Å². The summed E-state index contributed by atoms with van der Waals surface area (Å²) in [7, 11) is 0. The van der Waals surface area contributed by atoms with Crippen molar-refractivity contribution in [3.63, 3.8) is 0 Å². The summed E-state index contributed by atoms with van der Waals surface area (Å²) in [5.74, 6) is 0.829. The van der Waals surface area contributed by atoms with Gasteiger partial charge in [-0.2, -0.15) is 0 Å². The fraction of sp³-hybridized carbons (Fsp3) is 0.833. The minimum absolute atomic E-state index is 0.829. The second-order valence-corrected chi connectivity index (χ2v) is 3.75. The molecule has 0 N–H and O–H groups in total. The monoisotopic (exact) mass is 183 g/mol. The van der Waals surface area contributed by atoms with Gasteiger partial charge in [-0.3, -0.25) is 4.90 Å². The number of allylic oxidation sites excluding steroid dienone is 1. The van der Waals surface area contributed by atoms with Crippen molar-refractivity contribution in [1.82, 2.24) is 4.90 Å². The Bertz CT molecular complexity index is 129. The highest BCUT2D eigenvalue weighted by molar-refractivity contribution is 4.83. The van der Waals surface area contributed by atoms with Gasteiger partial charge in [0.15, 0.2) is 0 Å². The first-order valence-corrected chi connectivity index (χ1v) is 5.61. The molecule has 0 amide bonds. The van der Waals surface area contributed by atoms with E-state index in [1.807, 2.05) is 0 Å². The maximum atomic E-state index is 2.50.